The molecule has 0 N–H and O–H groups in total. The summed E-state index contributed by atoms with van der Waals surface area (Å²) in [6, 6.07) is 8.69. The normalized spacial score (nSPS) is 10.5. The van der Waals surface area contributed by atoms with Crippen LogP contribution in [0.15, 0.2) is 40.9 Å². The monoisotopic (exact) mass is 324 g/mol. The molecule has 0 amide bonds. The van der Waals surface area contributed by atoms with Crippen LogP contribution in [0.25, 0.3) is 0 Å². The van der Waals surface area contributed by atoms with Crippen LogP contribution in [0.4, 0.5) is 8.78 Å². The van der Waals surface area contributed by atoms with Gasteiger partial charge in [-0.05, 0) is 42.3 Å². The fraction of sp³-hybridized carbons (Fsp3) is 0.133. The molecule has 0 aliphatic carbocycles. The number of carbonyl (C=O) groups excluding carboxylic acids is 1. The van der Waals surface area contributed by atoms with Crippen LogP contribution >= 0.6 is 15.9 Å². The topological polar surface area (TPSA) is 17.1 Å². The molecule has 0 fully saturated rings. The van der Waals surface area contributed by atoms with E-state index in [1.54, 1.807) is 31.2 Å². The number of rotatable bonds is 3. The van der Waals surface area contributed by atoms with Crippen molar-refractivity contribution in [3.63, 3.8) is 0 Å². The summed E-state index contributed by atoms with van der Waals surface area (Å²) < 4.78 is 27.6. The average molecular weight is 325 g/mol. The van der Waals surface area contributed by atoms with Gasteiger partial charge in [-0.3, -0.25) is 4.79 Å². The molecule has 0 aliphatic heterocycles. The van der Waals surface area contributed by atoms with Gasteiger partial charge in [0.05, 0.1) is 0 Å². The number of Topliss-reactive ketones (excluding diaryl/α,β-unsaturated/α-hetero) is 1. The van der Waals surface area contributed by atoms with E-state index >= 15 is 0 Å². The number of hydrogen-bond donors (Lipinski definition) is 0. The number of benzene rings is 2. The molecule has 98 valence electrons. The van der Waals surface area contributed by atoms with Crippen LogP contribution in [-0.2, 0) is 6.42 Å². The van der Waals surface area contributed by atoms with Crippen LogP contribution in [0.5, 0.6) is 0 Å². The number of halogens is 3. The van der Waals surface area contributed by atoms with Crippen LogP contribution in [0.2, 0.25) is 0 Å². The molecule has 0 bridgehead atoms. The lowest BCUT2D eigenvalue weighted by Gasteiger charge is -2.05. The maximum absolute atomic E-state index is 13.5. The zero-order valence-electron chi connectivity index (χ0n) is 10.2. The molecule has 0 radical (unpaired) electrons. The fourth-order valence-corrected chi connectivity index (χ4v) is 2.13. The van der Waals surface area contributed by atoms with Crippen LogP contribution in [0.1, 0.15) is 21.5 Å². The molecule has 0 atom stereocenters. The molecule has 4 heteroatoms. The molecule has 19 heavy (non-hydrogen) atoms. The molecular formula is C15H11BrF2O. The van der Waals surface area contributed by atoms with Gasteiger partial charge in [-0.25, -0.2) is 8.78 Å². The Hall–Kier alpha value is -1.55. The second-order valence-electron chi connectivity index (χ2n) is 4.30. The molecule has 0 unspecified atom stereocenters. The third kappa shape index (κ3) is 3.26. The Kier molecular flexibility index (Phi) is 4.10. The first-order valence-corrected chi connectivity index (χ1v) is 6.50. The second-order valence-corrected chi connectivity index (χ2v) is 5.22. The summed E-state index contributed by atoms with van der Waals surface area (Å²) in [6.07, 6.45) is -0.0895. The minimum absolute atomic E-state index is 0.0895. The summed E-state index contributed by atoms with van der Waals surface area (Å²) in [5, 5.41) is 0. The van der Waals surface area contributed by atoms with Crippen molar-refractivity contribution in [1.82, 2.24) is 0 Å². The lowest BCUT2D eigenvalue weighted by Crippen LogP contribution is -2.06. The molecule has 2 aromatic carbocycles. The first-order chi connectivity index (χ1) is 8.97. The van der Waals surface area contributed by atoms with Gasteiger partial charge in [-0.1, -0.05) is 28.1 Å². The standard InChI is InChI=1S/C15H11BrF2O/c1-9-2-3-10(7-14(9)18)15(19)8-11-6-12(16)4-5-13(11)17/h2-7H,8H2,1H3. The Bertz CT molecular complexity index is 638. The van der Waals surface area contributed by atoms with E-state index in [1.807, 2.05) is 0 Å². The number of aryl methyl sites for hydroxylation is 1. The highest BCUT2D eigenvalue weighted by Crippen LogP contribution is 2.18. The maximum Gasteiger partial charge on any atom is 0.167 e. The van der Waals surface area contributed by atoms with Crippen LogP contribution in [0, 0.1) is 18.6 Å². The molecule has 0 aromatic heterocycles. The van der Waals surface area contributed by atoms with E-state index in [2.05, 4.69) is 15.9 Å². The van der Waals surface area contributed by atoms with Crippen molar-refractivity contribution in [2.45, 2.75) is 13.3 Å². The van der Waals surface area contributed by atoms with Crippen LogP contribution < -0.4 is 0 Å². The molecule has 0 aliphatic rings. The van der Waals surface area contributed by atoms with Gasteiger partial charge < -0.3 is 0 Å². The number of ketones is 1. The van der Waals surface area contributed by atoms with Crippen LogP contribution in [-0.4, -0.2) is 5.78 Å². The summed E-state index contributed by atoms with van der Waals surface area (Å²) in [7, 11) is 0. The van der Waals surface area contributed by atoms with E-state index in [9.17, 15) is 13.6 Å². The smallest absolute Gasteiger partial charge is 0.167 e. The molecule has 2 aromatic rings. The van der Waals surface area contributed by atoms with Crippen molar-refractivity contribution < 1.29 is 13.6 Å². The van der Waals surface area contributed by atoms with Gasteiger partial charge in [-0.2, -0.15) is 0 Å². The largest absolute Gasteiger partial charge is 0.294 e. The lowest BCUT2D eigenvalue weighted by molar-refractivity contribution is 0.0991. The highest BCUT2D eigenvalue weighted by molar-refractivity contribution is 9.10. The van der Waals surface area contributed by atoms with Crippen molar-refractivity contribution >= 4 is 21.7 Å². The Morgan fingerprint density at radius 1 is 1.11 bits per heavy atom. The molecule has 1 nitrogen and oxygen atoms in total. The SMILES string of the molecule is Cc1ccc(C(=O)Cc2cc(Br)ccc2F)cc1F. The van der Waals surface area contributed by atoms with E-state index in [4.69, 9.17) is 0 Å². The summed E-state index contributed by atoms with van der Waals surface area (Å²) in [5.74, 6) is -1.18. The Balaban J connectivity index is 2.25. The van der Waals surface area contributed by atoms with Gasteiger partial charge in [0, 0.05) is 16.5 Å². The summed E-state index contributed by atoms with van der Waals surface area (Å²) in [4.78, 5) is 12.0. The summed E-state index contributed by atoms with van der Waals surface area (Å²) in [5.41, 5.74) is 1.02. The third-order valence-electron chi connectivity index (χ3n) is 2.85. The number of hydrogen-bond acceptors (Lipinski definition) is 1. The third-order valence-corrected chi connectivity index (χ3v) is 3.35. The highest BCUT2D eigenvalue weighted by Gasteiger charge is 2.12. The fourth-order valence-electron chi connectivity index (χ4n) is 1.72. The maximum atomic E-state index is 13.5. The van der Waals surface area contributed by atoms with Gasteiger partial charge in [0.2, 0.25) is 0 Å². The zero-order chi connectivity index (χ0) is 14.0. The van der Waals surface area contributed by atoms with E-state index in [-0.39, 0.29) is 17.8 Å². The molecule has 2 rings (SSSR count). The molecule has 0 spiro atoms. The Morgan fingerprint density at radius 3 is 2.53 bits per heavy atom. The van der Waals surface area contributed by atoms with Crippen molar-refractivity contribution in [1.29, 1.82) is 0 Å². The molecular weight excluding hydrogens is 314 g/mol. The quantitative estimate of drug-likeness (QED) is 0.762. The zero-order valence-corrected chi connectivity index (χ0v) is 11.8. The Labute approximate surface area is 118 Å². The van der Waals surface area contributed by atoms with Crippen molar-refractivity contribution in [2.75, 3.05) is 0 Å². The van der Waals surface area contributed by atoms with Gasteiger partial charge in [0.25, 0.3) is 0 Å². The predicted octanol–water partition coefficient (Wildman–Crippen LogP) is 4.46. The minimum atomic E-state index is -0.441. The van der Waals surface area contributed by atoms with Crippen molar-refractivity contribution in [3.05, 3.63) is 69.2 Å². The molecule has 0 saturated heterocycles. The lowest BCUT2D eigenvalue weighted by atomic mass is 10.0. The minimum Gasteiger partial charge on any atom is -0.294 e. The van der Waals surface area contributed by atoms with E-state index in [0.717, 1.165) is 0 Å². The van der Waals surface area contributed by atoms with Crippen molar-refractivity contribution in [3.8, 4) is 0 Å². The van der Waals surface area contributed by atoms with Gasteiger partial charge in [0.1, 0.15) is 11.6 Å². The van der Waals surface area contributed by atoms with E-state index in [0.29, 0.717) is 15.6 Å². The van der Waals surface area contributed by atoms with Gasteiger partial charge in [0.15, 0.2) is 5.78 Å². The average Bonchev–Trinajstić information content (AvgIpc) is 2.37. The second kappa shape index (κ2) is 5.61. The molecule has 0 heterocycles. The van der Waals surface area contributed by atoms with Crippen LogP contribution in [0.3, 0.4) is 0 Å². The van der Waals surface area contributed by atoms with Crippen molar-refractivity contribution in [2.24, 2.45) is 0 Å². The summed E-state index contributed by atoms with van der Waals surface area (Å²) in [6.45, 7) is 1.62. The highest BCUT2D eigenvalue weighted by atomic mass is 79.9. The first-order valence-electron chi connectivity index (χ1n) is 5.70. The van der Waals surface area contributed by atoms with E-state index in [1.165, 1.54) is 12.1 Å². The predicted molar refractivity (Wildman–Crippen MR) is 73.3 cm³/mol. The first kappa shape index (κ1) is 13.9. The Morgan fingerprint density at radius 2 is 1.84 bits per heavy atom. The summed E-state index contributed by atoms with van der Waals surface area (Å²) >= 11 is 3.23. The van der Waals surface area contributed by atoms with E-state index < -0.39 is 11.6 Å². The number of carbonyl (C=O) groups is 1. The molecule has 0 saturated carbocycles. The van der Waals surface area contributed by atoms with Gasteiger partial charge in [-0.15, -0.1) is 0 Å². The van der Waals surface area contributed by atoms with Gasteiger partial charge >= 0.3 is 0 Å².